The smallest absolute Gasteiger partial charge is 0.157 e. The van der Waals surface area contributed by atoms with Gasteiger partial charge in [-0.05, 0) is 58.4 Å². The van der Waals surface area contributed by atoms with Crippen molar-refractivity contribution in [1.29, 1.82) is 0 Å². The number of carbonyl (C=O) groups excluding carboxylic acids is 1. The first-order chi connectivity index (χ1) is 11.6. The van der Waals surface area contributed by atoms with E-state index in [4.69, 9.17) is 0 Å². The summed E-state index contributed by atoms with van der Waals surface area (Å²) in [5, 5.41) is 19.1. The van der Waals surface area contributed by atoms with Crippen molar-refractivity contribution < 1.29 is 15.0 Å². The van der Waals surface area contributed by atoms with Gasteiger partial charge in [0.2, 0.25) is 0 Å². The molecule has 3 nitrogen and oxygen atoms in total. The molecule has 24 heavy (non-hydrogen) atoms. The first kappa shape index (κ1) is 14.8. The molecule has 3 heteroatoms. The number of carbonyl (C=O) groups is 1. The zero-order valence-electron chi connectivity index (χ0n) is 13.2. The maximum atomic E-state index is 11.6. The van der Waals surface area contributed by atoms with Crippen molar-refractivity contribution in [1.82, 2.24) is 0 Å². The fourth-order valence-corrected chi connectivity index (χ4v) is 3.44. The highest BCUT2D eigenvalue weighted by Crippen LogP contribution is 2.36. The number of ketones is 1. The molecule has 120 valence electrons. The molecule has 0 fully saturated rings. The van der Waals surface area contributed by atoms with Gasteiger partial charge in [0.25, 0.3) is 0 Å². The van der Waals surface area contributed by atoms with Gasteiger partial charge >= 0.3 is 0 Å². The Morgan fingerprint density at radius 1 is 0.833 bits per heavy atom. The third kappa shape index (κ3) is 2.62. The minimum absolute atomic E-state index is 0.0969. The zero-order chi connectivity index (χ0) is 16.7. The first-order valence-corrected chi connectivity index (χ1v) is 8.17. The molecule has 2 aliphatic rings. The average molecular weight is 318 g/mol. The van der Waals surface area contributed by atoms with Crippen molar-refractivity contribution in [2.75, 3.05) is 0 Å². The number of phenolic OH excluding ortho intramolecular Hbond substituents is 2. The number of hydrogen-bond acceptors (Lipinski definition) is 3. The van der Waals surface area contributed by atoms with Crippen LogP contribution in [0.4, 0.5) is 0 Å². The number of Topliss-reactive ketones (excluding diaryl/α,β-unsaturated/α-hetero) is 1. The fourth-order valence-electron chi connectivity index (χ4n) is 3.44. The topological polar surface area (TPSA) is 57.5 Å². The number of rotatable bonds is 2. The number of benzene rings is 2. The SMILES string of the molecule is O=C1CCc2cc(C3=CCC(c4ccc(O)c(O)c4)=C3)ccc2C1. The van der Waals surface area contributed by atoms with Gasteiger partial charge in [-0.3, -0.25) is 4.79 Å². The summed E-state index contributed by atoms with van der Waals surface area (Å²) in [5.41, 5.74) is 6.80. The van der Waals surface area contributed by atoms with Gasteiger partial charge in [0.15, 0.2) is 11.5 Å². The van der Waals surface area contributed by atoms with Crippen LogP contribution in [0.3, 0.4) is 0 Å². The second-order valence-electron chi connectivity index (χ2n) is 6.44. The Hall–Kier alpha value is -2.81. The third-order valence-corrected chi connectivity index (χ3v) is 4.82. The number of hydrogen-bond donors (Lipinski definition) is 2. The summed E-state index contributed by atoms with van der Waals surface area (Å²) in [4.78, 5) is 11.6. The molecule has 0 heterocycles. The normalized spacial score (nSPS) is 16.6. The van der Waals surface area contributed by atoms with Crippen LogP contribution >= 0.6 is 0 Å². The largest absolute Gasteiger partial charge is 0.504 e. The van der Waals surface area contributed by atoms with Crippen LogP contribution in [0, 0.1) is 0 Å². The predicted molar refractivity (Wildman–Crippen MR) is 93.8 cm³/mol. The van der Waals surface area contributed by atoms with Gasteiger partial charge in [0, 0.05) is 12.8 Å². The Labute approximate surface area is 140 Å². The molecule has 0 aliphatic heterocycles. The van der Waals surface area contributed by atoms with E-state index in [0.717, 1.165) is 35.1 Å². The molecule has 0 saturated heterocycles. The number of fused-ring (bicyclic) bond motifs is 1. The van der Waals surface area contributed by atoms with Crippen LogP contribution in [-0.4, -0.2) is 16.0 Å². The molecule has 0 amide bonds. The Kier molecular flexibility index (Phi) is 3.49. The van der Waals surface area contributed by atoms with E-state index in [9.17, 15) is 15.0 Å². The molecule has 4 rings (SSSR count). The summed E-state index contributed by atoms with van der Waals surface area (Å²) in [6.07, 6.45) is 7.13. The summed E-state index contributed by atoms with van der Waals surface area (Å²) in [5.74, 6) is 0.125. The molecule has 0 spiro atoms. The van der Waals surface area contributed by atoms with Crippen molar-refractivity contribution in [3.63, 3.8) is 0 Å². The molecule has 2 aliphatic carbocycles. The molecule has 0 radical (unpaired) electrons. The van der Waals surface area contributed by atoms with Gasteiger partial charge in [0.1, 0.15) is 5.78 Å². The average Bonchev–Trinajstić information content (AvgIpc) is 3.07. The Morgan fingerprint density at radius 3 is 2.50 bits per heavy atom. The third-order valence-electron chi connectivity index (χ3n) is 4.82. The van der Waals surface area contributed by atoms with Crippen LogP contribution in [0.1, 0.15) is 35.1 Å². The minimum atomic E-state index is -0.102. The van der Waals surface area contributed by atoms with Crippen molar-refractivity contribution in [2.24, 2.45) is 0 Å². The molecule has 0 unspecified atom stereocenters. The number of aryl methyl sites for hydroxylation is 1. The predicted octanol–water partition coefficient (Wildman–Crippen LogP) is 4.03. The number of allylic oxidation sites excluding steroid dienone is 4. The second kappa shape index (κ2) is 5.68. The summed E-state index contributed by atoms with van der Waals surface area (Å²) in [7, 11) is 0. The molecular weight excluding hydrogens is 300 g/mol. The quantitative estimate of drug-likeness (QED) is 0.822. The van der Waals surface area contributed by atoms with Crippen LogP contribution in [-0.2, 0) is 17.6 Å². The summed E-state index contributed by atoms with van der Waals surface area (Å²) >= 11 is 0. The van der Waals surface area contributed by atoms with Gasteiger partial charge in [-0.25, -0.2) is 0 Å². The van der Waals surface area contributed by atoms with E-state index in [0.29, 0.717) is 18.6 Å². The molecule has 0 saturated carbocycles. The van der Waals surface area contributed by atoms with Crippen molar-refractivity contribution >= 4 is 16.9 Å². The lowest BCUT2D eigenvalue weighted by atomic mass is 9.88. The van der Waals surface area contributed by atoms with Crippen LogP contribution in [0.25, 0.3) is 11.1 Å². The zero-order valence-corrected chi connectivity index (χ0v) is 13.2. The lowest BCUT2D eigenvalue weighted by Crippen LogP contribution is -2.13. The Bertz CT molecular complexity index is 903. The van der Waals surface area contributed by atoms with Crippen LogP contribution in [0.2, 0.25) is 0 Å². The fraction of sp³-hybridized carbons (Fsp3) is 0.190. The van der Waals surface area contributed by atoms with Crippen molar-refractivity contribution in [3.05, 3.63) is 70.8 Å². The first-order valence-electron chi connectivity index (χ1n) is 8.17. The van der Waals surface area contributed by atoms with E-state index in [1.54, 1.807) is 6.07 Å². The standard InChI is InChI=1S/C21H18O3/c22-19-7-5-16-10-14(3-4-17(16)11-19)13-1-2-15(9-13)18-6-8-20(23)21(24)12-18/h1,3-4,6,8-10,12,23-24H,2,5,7,11H2. The summed E-state index contributed by atoms with van der Waals surface area (Å²) in [6.45, 7) is 0. The summed E-state index contributed by atoms with van der Waals surface area (Å²) in [6, 6.07) is 11.3. The molecular formula is C21H18O3. The molecule has 0 atom stereocenters. The van der Waals surface area contributed by atoms with Crippen LogP contribution in [0.5, 0.6) is 11.5 Å². The molecule has 2 aromatic carbocycles. The maximum Gasteiger partial charge on any atom is 0.157 e. The summed E-state index contributed by atoms with van der Waals surface area (Å²) < 4.78 is 0. The number of phenols is 2. The monoisotopic (exact) mass is 318 g/mol. The maximum absolute atomic E-state index is 11.6. The molecule has 2 N–H and O–H groups in total. The van der Waals surface area contributed by atoms with Crippen LogP contribution < -0.4 is 0 Å². The molecule has 2 aromatic rings. The lowest BCUT2D eigenvalue weighted by molar-refractivity contribution is -0.118. The molecule has 0 bridgehead atoms. The van der Waals surface area contributed by atoms with E-state index < -0.39 is 0 Å². The van der Waals surface area contributed by atoms with Crippen LogP contribution in [0.15, 0.2) is 48.6 Å². The Balaban J connectivity index is 1.63. The number of aromatic hydroxyl groups is 2. The van der Waals surface area contributed by atoms with Gasteiger partial charge in [-0.2, -0.15) is 0 Å². The van der Waals surface area contributed by atoms with Crippen molar-refractivity contribution in [2.45, 2.75) is 25.7 Å². The van der Waals surface area contributed by atoms with Crippen molar-refractivity contribution in [3.8, 4) is 11.5 Å². The van der Waals surface area contributed by atoms with Gasteiger partial charge < -0.3 is 10.2 Å². The van der Waals surface area contributed by atoms with E-state index in [1.807, 2.05) is 6.07 Å². The lowest BCUT2D eigenvalue weighted by Gasteiger charge is -2.16. The highest BCUT2D eigenvalue weighted by Gasteiger charge is 2.17. The highest BCUT2D eigenvalue weighted by atomic mass is 16.3. The van der Waals surface area contributed by atoms with Gasteiger partial charge in [-0.1, -0.05) is 36.4 Å². The second-order valence-corrected chi connectivity index (χ2v) is 6.44. The Morgan fingerprint density at radius 2 is 1.67 bits per heavy atom. The van der Waals surface area contributed by atoms with E-state index >= 15 is 0 Å². The van der Waals surface area contributed by atoms with Gasteiger partial charge in [-0.15, -0.1) is 0 Å². The molecule has 0 aromatic heterocycles. The van der Waals surface area contributed by atoms with E-state index in [2.05, 4.69) is 30.4 Å². The van der Waals surface area contributed by atoms with E-state index in [-0.39, 0.29) is 11.5 Å². The van der Waals surface area contributed by atoms with Gasteiger partial charge in [0.05, 0.1) is 0 Å². The minimum Gasteiger partial charge on any atom is -0.504 e. The van der Waals surface area contributed by atoms with E-state index in [1.165, 1.54) is 17.2 Å². The highest BCUT2D eigenvalue weighted by molar-refractivity contribution is 5.90.